The summed E-state index contributed by atoms with van der Waals surface area (Å²) in [6, 6.07) is 97.3. The van der Waals surface area contributed by atoms with Gasteiger partial charge in [-0.05, 0) is 92.0 Å². The Balaban J connectivity index is 0.998. The van der Waals surface area contributed by atoms with Crippen molar-refractivity contribution >= 4 is 43.6 Å². The van der Waals surface area contributed by atoms with Crippen LogP contribution in [0.2, 0.25) is 0 Å². The lowest BCUT2D eigenvalue weighted by Gasteiger charge is -2.16. The first kappa shape index (κ1) is 42.9. The van der Waals surface area contributed by atoms with E-state index in [1.54, 1.807) is 0 Å². The molecule has 0 fully saturated rings. The summed E-state index contributed by atoms with van der Waals surface area (Å²) in [7, 11) is 0. The Bertz CT molecular complexity index is 4370. The number of hydrogen-bond donors (Lipinski definition) is 0. The van der Waals surface area contributed by atoms with Crippen LogP contribution >= 0.6 is 0 Å². The number of para-hydroxylation sites is 2. The molecule has 5 nitrogen and oxygen atoms in total. The van der Waals surface area contributed by atoms with Gasteiger partial charge in [-0.2, -0.15) is 9.97 Å². The SMILES string of the molecule is c1ccc(-c2ccc(-c3ccc(-c4cc(-c5ccccc5)cc(-n5c6ccccc6c6ccc7c8ccccc8n(-c8nc(-c9ccccc9)nc(-c9cccc(-c%10ccccc%10)c9)n8)c7c65)c4)cc3)cc2)cc1. The van der Waals surface area contributed by atoms with E-state index < -0.39 is 0 Å². The van der Waals surface area contributed by atoms with E-state index >= 15 is 0 Å². The number of hydrogen-bond acceptors (Lipinski definition) is 3. The zero-order valence-electron chi connectivity index (χ0n) is 40.2. The number of nitrogens with zero attached hydrogens (tertiary/aromatic N) is 5. The summed E-state index contributed by atoms with van der Waals surface area (Å²) < 4.78 is 4.73. The predicted molar refractivity (Wildman–Crippen MR) is 307 cm³/mol. The Morgan fingerprint density at radius 1 is 0.216 bits per heavy atom. The molecule has 0 aliphatic heterocycles. The average Bonchev–Trinajstić information content (AvgIpc) is 4.01. The van der Waals surface area contributed by atoms with Crippen LogP contribution in [-0.2, 0) is 0 Å². The molecule has 0 saturated heterocycles. The fourth-order valence-corrected chi connectivity index (χ4v) is 10.8. The third kappa shape index (κ3) is 7.54. The molecule has 74 heavy (non-hydrogen) atoms. The molecule has 0 atom stereocenters. The largest absolute Gasteiger partial charge is 0.307 e. The molecule has 3 aromatic heterocycles. The van der Waals surface area contributed by atoms with E-state index in [1.807, 2.05) is 24.3 Å². The fraction of sp³-hybridized carbons (Fsp3) is 0. The molecule has 3 heterocycles. The van der Waals surface area contributed by atoms with Gasteiger partial charge in [-0.25, -0.2) is 4.98 Å². The lowest BCUT2D eigenvalue weighted by molar-refractivity contribution is 0.953. The summed E-state index contributed by atoms with van der Waals surface area (Å²) in [4.78, 5) is 16.1. The monoisotopic (exact) mass is 943 g/mol. The second-order valence-electron chi connectivity index (χ2n) is 18.8. The maximum atomic E-state index is 5.46. The highest BCUT2D eigenvalue weighted by Crippen LogP contribution is 2.43. The van der Waals surface area contributed by atoms with Gasteiger partial charge in [0.2, 0.25) is 5.95 Å². The lowest BCUT2D eigenvalue weighted by Crippen LogP contribution is -2.07. The Labute approximate surface area is 428 Å². The van der Waals surface area contributed by atoms with Crippen LogP contribution in [0.4, 0.5) is 0 Å². The normalized spacial score (nSPS) is 11.5. The molecule has 0 aliphatic rings. The number of rotatable bonds is 9. The van der Waals surface area contributed by atoms with Crippen molar-refractivity contribution < 1.29 is 0 Å². The van der Waals surface area contributed by atoms with Crippen LogP contribution in [0.3, 0.4) is 0 Å². The van der Waals surface area contributed by atoms with Crippen molar-refractivity contribution in [3.8, 4) is 90.0 Å². The molecule has 0 unspecified atom stereocenters. The molecule has 5 heteroatoms. The quantitative estimate of drug-likeness (QED) is 0.145. The van der Waals surface area contributed by atoms with Gasteiger partial charge in [-0.15, -0.1) is 0 Å². The van der Waals surface area contributed by atoms with E-state index in [0.29, 0.717) is 17.6 Å². The van der Waals surface area contributed by atoms with Crippen molar-refractivity contribution in [1.29, 1.82) is 0 Å². The first-order chi connectivity index (χ1) is 36.7. The van der Waals surface area contributed by atoms with E-state index in [-0.39, 0.29) is 0 Å². The van der Waals surface area contributed by atoms with Gasteiger partial charge < -0.3 is 4.57 Å². The van der Waals surface area contributed by atoms with E-state index in [0.717, 1.165) is 93.8 Å². The van der Waals surface area contributed by atoms with Crippen LogP contribution in [-0.4, -0.2) is 24.1 Å². The third-order valence-electron chi connectivity index (χ3n) is 14.4. The molecule has 0 spiro atoms. The summed E-state index contributed by atoms with van der Waals surface area (Å²) in [5.41, 5.74) is 18.6. The second kappa shape index (κ2) is 18.0. The van der Waals surface area contributed by atoms with Gasteiger partial charge in [0, 0.05) is 38.4 Å². The van der Waals surface area contributed by atoms with Crippen LogP contribution in [0.15, 0.2) is 273 Å². The highest BCUT2D eigenvalue weighted by atomic mass is 15.2. The van der Waals surface area contributed by atoms with Crippen LogP contribution in [0.5, 0.6) is 0 Å². The highest BCUT2D eigenvalue weighted by Gasteiger charge is 2.24. The standard InChI is InChI=1S/C69H45N5/c1-5-18-46(19-6-1)49-32-34-50(35-33-49)51-36-38-52(39-37-51)57-43-56(48-22-9-3-10-23-48)44-58(45-57)73-63-30-15-13-28-59(63)61-40-41-62-60-29-14-16-31-64(60)74(66(62)65(61)73)69-71-67(53-24-11-4-12-25-53)70-68(72-69)55-27-17-26-54(42-55)47-20-7-2-8-21-47/h1-45H. The molecule has 0 amide bonds. The van der Waals surface area contributed by atoms with Gasteiger partial charge in [-0.1, -0.05) is 237 Å². The second-order valence-corrected chi connectivity index (χ2v) is 18.8. The molecule has 11 aromatic carbocycles. The number of benzene rings is 11. The predicted octanol–water partition coefficient (Wildman–Crippen LogP) is 17.7. The summed E-state index contributed by atoms with van der Waals surface area (Å²) >= 11 is 0. The molecule has 0 bridgehead atoms. The van der Waals surface area contributed by atoms with Gasteiger partial charge in [-0.3, -0.25) is 4.57 Å². The molecule has 14 rings (SSSR count). The van der Waals surface area contributed by atoms with Gasteiger partial charge in [0.15, 0.2) is 11.6 Å². The van der Waals surface area contributed by atoms with Crippen LogP contribution in [0, 0.1) is 0 Å². The van der Waals surface area contributed by atoms with Crippen molar-refractivity contribution in [1.82, 2.24) is 24.1 Å². The maximum Gasteiger partial charge on any atom is 0.238 e. The molecule has 0 N–H and O–H groups in total. The van der Waals surface area contributed by atoms with Crippen molar-refractivity contribution in [3.05, 3.63) is 273 Å². The Kier molecular flexibility index (Phi) is 10.4. The minimum absolute atomic E-state index is 0.544. The van der Waals surface area contributed by atoms with Crippen LogP contribution in [0.25, 0.3) is 134 Å². The number of fused-ring (bicyclic) bond motifs is 7. The first-order valence-electron chi connectivity index (χ1n) is 25.1. The topological polar surface area (TPSA) is 48.5 Å². The van der Waals surface area contributed by atoms with Crippen LogP contribution < -0.4 is 0 Å². The molecular formula is C69H45N5. The summed E-state index contributed by atoms with van der Waals surface area (Å²) in [5.74, 6) is 1.74. The minimum atomic E-state index is 0.544. The van der Waals surface area contributed by atoms with Gasteiger partial charge >= 0.3 is 0 Å². The zero-order chi connectivity index (χ0) is 49.0. The molecule has 346 valence electrons. The molecule has 0 saturated carbocycles. The number of aromatic nitrogens is 5. The first-order valence-corrected chi connectivity index (χ1v) is 25.1. The highest BCUT2D eigenvalue weighted by molar-refractivity contribution is 6.23. The Morgan fingerprint density at radius 3 is 1.09 bits per heavy atom. The van der Waals surface area contributed by atoms with Crippen molar-refractivity contribution in [3.63, 3.8) is 0 Å². The maximum absolute atomic E-state index is 5.46. The van der Waals surface area contributed by atoms with E-state index in [2.05, 4.69) is 258 Å². The van der Waals surface area contributed by atoms with Gasteiger partial charge in [0.05, 0.1) is 22.1 Å². The molecule has 0 aliphatic carbocycles. The zero-order valence-corrected chi connectivity index (χ0v) is 40.2. The molecular weight excluding hydrogens is 899 g/mol. The third-order valence-corrected chi connectivity index (χ3v) is 14.4. The van der Waals surface area contributed by atoms with Crippen molar-refractivity contribution in [2.24, 2.45) is 0 Å². The Morgan fingerprint density at radius 2 is 0.568 bits per heavy atom. The van der Waals surface area contributed by atoms with Crippen molar-refractivity contribution in [2.45, 2.75) is 0 Å². The minimum Gasteiger partial charge on any atom is -0.307 e. The van der Waals surface area contributed by atoms with Crippen LogP contribution in [0.1, 0.15) is 0 Å². The average molecular weight is 944 g/mol. The van der Waals surface area contributed by atoms with E-state index in [4.69, 9.17) is 15.0 Å². The Hall–Kier alpha value is -9.97. The fourth-order valence-electron chi connectivity index (χ4n) is 10.8. The van der Waals surface area contributed by atoms with Gasteiger partial charge in [0.25, 0.3) is 0 Å². The van der Waals surface area contributed by atoms with Gasteiger partial charge in [0.1, 0.15) is 0 Å². The van der Waals surface area contributed by atoms with E-state index in [9.17, 15) is 0 Å². The summed E-state index contributed by atoms with van der Waals surface area (Å²) in [5, 5.41) is 4.52. The van der Waals surface area contributed by atoms with Crippen molar-refractivity contribution in [2.75, 3.05) is 0 Å². The lowest BCUT2D eigenvalue weighted by atomic mass is 9.95. The van der Waals surface area contributed by atoms with E-state index in [1.165, 1.54) is 22.3 Å². The molecule has 0 radical (unpaired) electrons. The summed E-state index contributed by atoms with van der Waals surface area (Å²) in [6.45, 7) is 0. The molecule has 14 aromatic rings. The smallest absolute Gasteiger partial charge is 0.238 e. The summed E-state index contributed by atoms with van der Waals surface area (Å²) in [6.07, 6.45) is 0.